The third-order valence-corrected chi connectivity index (χ3v) is 6.64. The van der Waals surface area contributed by atoms with E-state index in [-0.39, 0.29) is 13.1 Å². The fourth-order valence-electron chi connectivity index (χ4n) is 4.94. The number of halogens is 2. The van der Waals surface area contributed by atoms with Crippen LogP contribution in [0.15, 0.2) is 36.9 Å². The van der Waals surface area contributed by atoms with E-state index in [0.717, 1.165) is 19.4 Å². The highest BCUT2D eigenvalue weighted by Crippen LogP contribution is 2.45. The van der Waals surface area contributed by atoms with Gasteiger partial charge in [0.25, 0.3) is 5.92 Å². The lowest BCUT2D eigenvalue weighted by Crippen LogP contribution is -2.56. The maximum atomic E-state index is 13.7. The third kappa shape index (κ3) is 3.26. The zero-order valence-corrected chi connectivity index (χ0v) is 17.9. The molecule has 168 valence electrons. The summed E-state index contributed by atoms with van der Waals surface area (Å²) < 4.78 is 29.2. The topological polar surface area (TPSA) is 66.5 Å². The minimum Gasteiger partial charge on any atom is -0.342 e. The molecule has 0 radical (unpaired) electrons. The van der Waals surface area contributed by atoms with E-state index in [1.165, 1.54) is 12.8 Å². The molecular formula is C23H22F2N8. The lowest BCUT2D eigenvalue weighted by molar-refractivity contribution is -0.0266. The predicted octanol–water partition coefficient (Wildman–Crippen LogP) is 4.71. The van der Waals surface area contributed by atoms with E-state index in [2.05, 4.69) is 26.7 Å². The minimum atomic E-state index is -2.73. The minimum absolute atomic E-state index is 0.330. The summed E-state index contributed by atoms with van der Waals surface area (Å²) >= 11 is 0. The molecule has 1 saturated carbocycles. The van der Waals surface area contributed by atoms with E-state index in [4.69, 9.17) is 11.6 Å². The van der Waals surface area contributed by atoms with Crippen LogP contribution in [0, 0.1) is 12.5 Å². The molecule has 3 aliphatic rings. The number of alkyl halides is 2. The molecule has 1 aliphatic carbocycles. The summed E-state index contributed by atoms with van der Waals surface area (Å²) in [6.07, 6.45) is 6.37. The maximum Gasteiger partial charge on any atom is 0.282 e. The first-order valence-corrected chi connectivity index (χ1v) is 11.0. The zero-order chi connectivity index (χ0) is 22.7. The number of anilines is 3. The van der Waals surface area contributed by atoms with E-state index >= 15 is 0 Å². The monoisotopic (exact) mass is 448 g/mol. The van der Waals surface area contributed by atoms with Gasteiger partial charge >= 0.3 is 0 Å². The Balaban J connectivity index is 1.48. The van der Waals surface area contributed by atoms with Crippen LogP contribution in [0.5, 0.6) is 0 Å². The van der Waals surface area contributed by atoms with Crippen molar-refractivity contribution in [1.82, 2.24) is 19.5 Å². The summed E-state index contributed by atoms with van der Waals surface area (Å²) in [4.78, 5) is 21.0. The summed E-state index contributed by atoms with van der Waals surface area (Å²) in [7, 11) is 0. The van der Waals surface area contributed by atoms with Gasteiger partial charge in [-0.1, -0.05) is 25.5 Å². The van der Waals surface area contributed by atoms with Crippen molar-refractivity contribution in [3.05, 3.63) is 48.3 Å². The van der Waals surface area contributed by atoms with E-state index in [1.54, 1.807) is 34.0 Å². The van der Waals surface area contributed by atoms with Crippen LogP contribution in [0.25, 0.3) is 21.8 Å². The van der Waals surface area contributed by atoms with Gasteiger partial charge in [-0.15, -0.1) is 0 Å². The lowest BCUT2D eigenvalue weighted by Gasteiger charge is -2.40. The van der Waals surface area contributed by atoms with Gasteiger partial charge in [0.05, 0.1) is 30.7 Å². The van der Waals surface area contributed by atoms with Crippen LogP contribution in [0.1, 0.15) is 25.7 Å². The van der Waals surface area contributed by atoms with Crippen molar-refractivity contribution >= 4 is 34.0 Å². The number of hydrogen-bond acceptors (Lipinski definition) is 6. The highest BCUT2D eigenvalue weighted by Gasteiger charge is 2.47. The molecule has 6 rings (SSSR count). The van der Waals surface area contributed by atoms with Crippen molar-refractivity contribution in [3.8, 4) is 5.95 Å². The largest absolute Gasteiger partial charge is 0.342 e. The van der Waals surface area contributed by atoms with Gasteiger partial charge in [-0.25, -0.2) is 18.6 Å². The van der Waals surface area contributed by atoms with Crippen LogP contribution in [0.2, 0.25) is 0 Å². The van der Waals surface area contributed by atoms with Gasteiger partial charge < -0.3 is 15.1 Å². The van der Waals surface area contributed by atoms with Crippen molar-refractivity contribution in [2.24, 2.45) is 5.92 Å². The highest BCUT2D eigenvalue weighted by atomic mass is 19.3. The Bertz CT molecular complexity index is 1310. The van der Waals surface area contributed by atoms with Gasteiger partial charge in [-0.3, -0.25) is 4.57 Å². The van der Waals surface area contributed by atoms with Crippen molar-refractivity contribution in [2.45, 2.75) is 31.6 Å². The molecule has 2 aliphatic heterocycles. The molecular weight excluding hydrogens is 426 g/mol. The Labute approximate surface area is 189 Å². The molecule has 2 fully saturated rings. The van der Waals surface area contributed by atoms with Crippen molar-refractivity contribution in [3.63, 3.8) is 0 Å². The van der Waals surface area contributed by atoms with Crippen LogP contribution in [-0.4, -0.2) is 45.1 Å². The first-order valence-electron chi connectivity index (χ1n) is 11.0. The van der Waals surface area contributed by atoms with E-state index in [0.29, 0.717) is 51.7 Å². The summed E-state index contributed by atoms with van der Waals surface area (Å²) in [6.45, 7) is 11.5. The van der Waals surface area contributed by atoms with Crippen molar-refractivity contribution in [2.75, 3.05) is 34.8 Å². The summed E-state index contributed by atoms with van der Waals surface area (Å²) in [5.74, 6) is -0.104. The fourth-order valence-corrected chi connectivity index (χ4v) is 4.94. The first-order chi connectivity index (χ1) is 15.9. The molecule has 2 aromatic heterocycles. The third-order valence-electron chi connectivity index (χ3n) is 6.64. The molecule has 0 atom stereocenters. The molecule has 8 nitrogen and oxygen atoms in total. The Hall–Kier alpha value is -3.74. The Morgan fingerprint density at radius 1 is 1.18 bits per heavy atom. The Morgan fingerprint density at radius 3 is 2.67 bits per heavy atom. The molecule has 3 aromatic rings. The number of fused-ring (bicyclic) bond motifs is 2. The number of aromatic nitrogens is 4. The molecule has 0 spiro atoms. The molecule has 0 bridgehead atoms. The second-order valence-electron chi connectivity index (χ2n) is 8.99. The second-order valence-corrected chi connectivity index (χ2v) is 8.99. The molecule has 1 aromatic carbocycles. The van der Waals surface area contributed by atoms with Crippen LogP contribution in [-0.2, 0) is 0 Å². The molecule has 0 unspecified atom stereocenters. The van der Waals surface area contributed by atoms with Crippen molar-refractivity contribution in [1.29, 1.82) is 0 Å². The van der Waals surface area contributed by atoms with Gasteiger partial charge in [0.1, 0.15) is 17.8 Å². The van der Waals surface area contributed by atoms with Crippen LogP contribution >= 0.6 is 0 Å². The van der Waals surface area contributed by atoms with Gasteiger partial charge in [-0.2, -0.15) is 9.97 Å². The van der Waals surface area contributed by atoms with Gasteiger partial charge in [0, 0.05) is 6.54 Å². The standard InChI is InChI=1S/C23H22F2N8/c1-14-28-19-20(31-11-23(24,25)12-31)29-22(30-21(19)32(14)10-15-5-3-4-6-15)33-13-27-17-8-7-16(26-2)9-18(17)33/h7-9,13,15,28H,1,3-6,10-12H2. The number of nitrogens with one attached hydrogen (secondary N) is 1. The predicted molar refractivity (Wildman–Crippen MR) is 122 cm³/mol. The quantitative estimate of drug-likeness (QED) is 0.583. The van der Waals surface area contributed by atoms with Gasteiger partial charge in [0.2, 0.25) is 5.95 Å². The van der Waals surface area contributed by atoms with E-state index in [9.17, 15) is 8.78 Å². The average molecular weight is 448 g/mol. The Morgan fingerprint density at radius 2 is 1.94 bits per heavy atom. The average Bonchev–Trinajstić information content (AvgIpc) is 3.51. The first kappa shape index (κ1) is 19.9. The summed E-state index contributed by atoms with van der Waals surface area (Å²) in [5.41, 5.74) is 2.48. The number of rotatable bonds is 4. The SMILES string of the molecule is [C-]#[N+]c1ccc2ncn(-c3nc(N4CC(F)(F)C4)c4c(n3)N(CC3CCCC3)C(=C)N4)c2c1. The normalized spacial score (nSPS) is 19.5. The number of hydrogen-bond donors (Lipinski definition) is 1. The fraction of sp³-hybridized carbons (Fsp3) is 0.391. The zero-order valence-electron chi connectivity index (χ0n) is 17.9. The molecule has 1 saturated heterocycles. The molecule has 33 heavy (non-hydrogen) atoms. The molecule has 10 heteroatoms. The smallest absolute Gasteiger partial charge is 0.282 e. The summed E-state index contributed by atoms with van der Waals surface area (Å²) in [6, 6.07) is 5.22. The number of imidazole rings is 1. The van der Waals surface area contributed by atoms with Gasteiger partial charge in [0.15, 0.2) is 17.3 Å². The number of nitrogens with zero attached hydrogens (tertiary/aromatic N) is 7. The van der Waals surface area contributed by atoms with Gasteiger partial charge in [-0.05, 0) is 30.9 Å². The number of benzene rings is 1. The molecule has 0 amide bonds. The van der Waals surface area contributed by atoms with E-state index < -0.39 is 5.92 Å². The molecule has 1 N–H and O–H groups in total. The lowest BCUT2D eigenvalue weighted by atomic mass is 10.1. The van der Waals surface area contributed by atoms with E-state index in [1.807, 2.05) is 4.90 Å². The maximum absolute atomic E-state index is 13.7. The van der Waals surface area contributed by atoms with Crippen LogP contribution < -0.4 is 15.1 Å². The molecule has 4 heterocycles. The second kappa shape index (κ2) is 7.13. The van der Waals surface area contributed by atoms with Crippen LogP contribution in [0.3, 0.4) is 0 Å². The highest BCUT2D eigenvalue weighted by molar-refractivity contribution is 5.88. The van der Waals surface area contributed by atoms with Crippen LogP contribution in [0.4, 0.5) is 31.8 Å². The van der Waals surface area contributed by atoms with Crippen molar-refractivity contribution < 1.29 is 8.78 Å². The summed E-state index contributed by atoms with van der Waals surface area (Å²) in [5, 5.41) is 3.25. The Kier molecular flexibility index (Phi) is 4.30.